The van der Waals surface area contributed by atoms with Gasteiger partial charge in [0.2, 0.25) is 12.5 Å². The number of benzene rings is 3. The fraction of sp³-hybridized carbons (Fsp3) is 0.462. The highest BCUT2D eigenvalue weighted by Gasteiger charge is 2.59. The predicted octanol–water partition coefficient (Wildman–Crippen LogP) is 8.63. The van der Waals surface area contributed by atoms with Gasteiger partial charge in [0.15, 0.2) is 0 Å². The molecule has 2 aliphatic heterocycles. The summed E-state index contributed by atoms with van der Waals surface area (Å²) in [5, 5.41) is 14.2. The maximum absolute atomic E-state index is 14.9. The Bertz CT molecular complexity index is 2890. The number of alkyl halides is 4. The van der Waals surface area contributed by atoms with Crippen LogP contribution in [0.15, 0.2) is 125 Å². The second kappa shape index (κ2) is 28.6. The number of para-hydroxylation sites is 1. The Hall–Kier alpha value is -5.90. The third-order valence-electron chi connectivity index (χ3n) is 11.7. The Kier molecular flexibility index (Phi) is 23.7. The second-order valence-corrected chi connectivity index (χ2v) is 22.3. The third kappa shape index (κ3) is 18.4. The van der Waals surface area contributed by atoms with Crippen LogP contribution in [0.1, 0.15) is 76.5 Å². The average molecular weight is 1120 g/mol. The summed E-state index contributed by atoms with van der Waals surface area (Å²) >= 11 is 0. The molecule has 3 aromatic carbocycles. The summed E-state index contributed by atoms with van der Waals surface area (Å²) in [5.41, 5.74) is 0.891. The smallest absolute Gasteiger partial charge is 0.350 e. The molecule has 77 heavy (non-hydrogen) atoms. The van der Waals surface area contributed by atoms with Crippen molar-refractivity contribution in [1.82, 2.24) is 29.3 Å². The van der Waals surface area contributed by atoms with Crippen molar-refractivity contribution < 1.29 is 69.4 Å². The molecule has 0 saturated carbocycles. The van der Waals surface area contributed by atoms with Crippen LogP contribution in [0.4, 0.5) is 17.6 Å². The van der Waals surface area contributed by atoms with Crippen LogP contribution in [0, 0.1) is 25.7 Å². The fourth-order valence-electron chi connectivity index (χ4n) is 7.41. The van der Waals surface area contributed by atoms with E-state index in [1.165, 1.54) is 58.6 Å². The average Bonchev–Trinajstić information content (AvgIpc) is 3.76. The molecule has 2 aromatic heterocycles. The number of aryl methyl sites for hydroxylation is 2. The van der Waals surface area contributed by atoms with Gasteiger partial charge in [-0.1, -0.05) is 107 Å². The number of aliphatic hydroxyl groups is 1. The molecule has 4 heterocycles. The number of esters is 2. The van der Waals surface area contributed by atoms with E-state index in [4.69, 9.17) is 33.1 Å². The van der Waals surface area contributed by atoms with Gasteiger partial charge in [-0.2, -0.15) is 9.97 Å². The lowest BCUT2D eigenvalue weighted by Crippen LogP contribution is -2.37. The number of aliphatic hydroxyl groups excluding tert-OH is 1. The van der Waals surface area contributed by atoms with E-state index in [1.54, 1.807) is 57.2 Å². The van der Waals surface area contributed by atoms with Crippen LogP contribution in [0.25, 0.3) is 0 Å². The van der Waals surface area contributed by atoms with Gasteiger partial charge in [-0.05, 0) is 63.1 Å². The Balaban J connectivity index is 0.000000259. The zero-order chi connectivity index (χ0) is 57.3. The Morgan fingerprint density at radius 2 is 1.04 bits per heavy atom. The number of halogens is 4. The van der Waals surface area contributed by atoms with E-state index in [0.717, 1.165) is 20.3 Å². The van der Waals surface area contributed by atoms with Crippen molar-refractivity contribution in [3.05, 3.63) is 159 Å². The van der Waals surface area contributed by atoms with Crippen molar-refractivity contribution in [3.8, 4) is 5.75 Å². The largest absolute Gasteiger partial charge is 0.460 e. The molecule has 25 heteroatoms. The van der Waals surface area contributed by atoms with Crippen molar-refractivity contribution in [3.63, 3.8) is 0 Å². The van der Waals surface area contributed by atoms with Gasteiger partial charge < -0.3 is 33.1 Å². The Morgan fingerprint density at radius 1 is 0.662 bits per heavy atom. The van der Waals surface area contributed by atoms with E-state index in [1.807, 2.05) is 68.4 Å². The van der Waals surface area contributed by atoms with Gasteiger partial charge in [-0.3, -0.25) is 27.9 Å². The second-order valence-electron chi connectivity index (χ2n) is 18.0. The quantitative estimate of drug-likeness (QED) is 0.0423. The van der Waals surface area contributed by atoms with Gasteiger partial charge >= 0.3 is 30.8 Å². The summed E-state index contributed by atoms with van der Waals surface area (Å²) in [6, 6.07) is 28.4. The van der Waals surface area contributed by atoms with E-state index in [2.05, 4.69) is 20.1 Å². The first-order valence-corrected chi connectivity index (χ1v) is 28.7. The molecule has 0 radical (unpaired) electrons. The first-order valence-electron chi connectivity index (χ1n) is 24.5. The monoisotopic (exact) mass is 1120 g/mol. The van der Waals surface area contributed by atoms with Crippen LogP contribution in [-0.2, 0) is 55.4 Å². The number of rotatable bonds is 18. The normalized spacial score (nSPS) is 22.3. The highest BCUT2D eigenvalue weighted by Crippen LogP contribution is 2.49. The highest BCUT2D eigenvalue weighted by atomic mass is 31.2. The molecular weight excluding hydrogens is 1050 g/mol. The molecule has 3 N–H and O–H groups in total. The number of hydrogen-bond donors (Lipinski definition) is 3. The van der Waals surface area contributed by atoms with Crippen LogP contribution < -0.4 is 26.1 Å². The standard InChI is InChI=1S/C22H28F2N3O6P.C17H20NO4P.C11H14F2N2O3.C2H6/c1-14-10-11-27(21(29)25-14)20-22(23,24)15(2)18(33-20)13-32-34(4,30)26-16(3)19(28)31-12-17-8-6-5-7-9-17;1-14(17(19)21-13-15-9-5-3-6-10-15)18-23(2,20)22-16-11-7-4-8-12-16;1-6-3-4-15(10(17)14-6)9-11(12,13)7(2)8(5-16)18-9;1-2/h5-11,15-16,18,20H,12-13H2,1-4H3,(H,26,30);3-12,14H,13H2,1-2H3,(H,18,20);3-4,7-9,16H,5H2,1-2H3;1-2H3/t15?,16-,18+,20+,34?;14-,23?;7?,8-,9-;/m001./s1. The molecule has 422 valence electrons. The van der Waals surface area contributed by atoms with E-state index in [-0.39, 0.29) is 13.2 Å². The molecule has 0 bridgehead atoms. The molecule has 19 nitrogen and oxygen atoms in total. The lowest BCUT2D eigenvalue weighted by Gasteiger charge is -2.22. The van der Waals surface area contributed by atoms with Gasteiger partial charge in [0.25, 0.3) is 19.4 Å². The minimum absolute atomic E-state index is 0.0533. The van der Waals surface area contributed by atoms with Crippen LogP contribution in [0.2, 0.25) is 0 Å². The number of carbonyl (C=O) groups excluding carboxylic acids is 2. The fourth-order valence-corrected chi connectivity index (χ4v) is 10.1. The number of aromatic nitrogens is 4. The van der Waals surface area contributed by atoms with Gasteiger partial charge in [0, 0.05) is 37.1 Å². The number of hydrogen-bond acceptors (Lipinski definition) is 15. The van der Waals surface area contributed by atoms with E-state index in [0.29, 0.717) is 17.1 Å². The topological polar surface area (TPSA) is 238 Å². The maximum atomic E-state index is 14.9. The summed E-state index contributed by atoms with van der Waals surface area (Å²) in [7, 11) is -6.75. The zero-order valence-electron chi connectivity index (χ0n) is 44.5. The summed E-state index contributed by atoms with van der Waals surface area (Å²) in [6.07, 6.45) is -3.29. The molecular formula is C52H68F4N6O13P2. The van der Waals surface area contributed by atoms with E-state index >= 15 is 0 Å². The molecule has 4 unspecified atom stereocenters. The van der Waals surface area contributed by atoms with Gasteiger partial charge in [0.1, 0.15) is 31.0 Å². The van der Waals surface area contributed by atoms with Crippen molar-refractivity contribution >= 4 is 27.0 Å². The van der Waals surface area contributed by atoms with Crippen LogP contribution in [0.5, 0.6) is 5.75 Å². The molecule has 0 spiro atoms. The van der Waals surface area contributed by atoms with Crippen molar-refractivity contribution in [2.24, 2.45) is 11.8 Å². The van der Waals surface area contributed by atoms with Crippen LogP contribution >= 0.6 is 15.0 Å². The summed E-state index contributed by atoms with van der Waals surface area (Å²) in [5.74, 6) is -9.76. The molecule has 0 aliphatic carbocycles. The minimum Gasteiger partial charge on any atom is -0.460 e. The molecule has 2 aliphatic rings. The number of nitrogens with zero attached hydrogens (tertiary/aromatic N) is 4. The molecule has 2 saturated heterocycles. The number of ether oxygens (including phenoxy) is 4. The third-order valence-corrected chi connectivity index (χ3v) is 14.7. The van der Waals surface area contributed by atoms with Gasteiger partial charge in [0.05, 0.1) is 37.3 Å². The summed E-state index contributed by atoms with van der Waals surface area (Å²) < 4.78 is 116. The molecule has 10 atom stereocenters. The predicted molar refractivity (Wildman–Crippen MR) is 279 cm³/mol. The molecule has 5 aromatic rings. The Labute approximate surface area is 444 Å². The van der Waals surface area contributed by atoms with Crippen LogP contribution in [-0.4, -0.2) is 98.8 Å². The molecule has 0 amide bonds. The van der Waals surface area contributed by atoms with Crippen molar-refractivity contribution in [2.75, 3.05) is 26.5 Å². The van der Waals surface area contributed by atoms with Crippen LogP contribution in [0.3, 0.4) is 0 Å². The van der Waals surface area contributed by atoms with E-state index in [9.17, 15) is 45.9 Å². The minimum atomic E-state index is -3.58. The van der Waals surface area contributed by atoms with Crippen molar-refractivity contribution in [1.29, 1.82) is 0 Å². The number of nitrogens with one attached hydrogen (secondary N) is 2. The lowest BCUT2D eigenvalue weighted by molar-refractivity contribution is -0.147. The summed E-state index contributed by atoms with van der Waals surface area (Å²) in [4.78, 5) is 55.1. The molecule has 2 fully saturated rings. The van der Waals surface area contributed by atoms with Gasteiger partial charge in [-0.25, -0.2) is 37.3 Å². The first-order chi connectivity index (χ1) is 36.2. The van der Waals surface area contributed by atoms with Gasteiger partial charge in [-0.15, -0.1) is 0 Å². The molecule has 7 rings (SSSR count). The maximum Gasteiger partial charge on any atom is 0.350 e. The highest BCUT2D eigenvalue weighted by molar-refractivity contribution is 7.56. The summed E-state index contributed by atoms with van der Waals surface area (Å²) in [6.45, 7) is 14.7. The SMILES string of the molecule is CC.C[C@H](NP(C)(=O)Oc1ccccc1)C(=O)OCc1ccccc1.Cc1ccn([C@@H]2O[C@H](CO)C(C)C2(F)F)c(=O)n1.Cc1ccn([C@@H]2O[C@H](COP(C)(=O)N[C@@H](C)C(=O)OCc3ccccc3)C(C)C2(F)F)c(=O)n1. The first kappa shape index (κ1) is 63.6. The Morgan fingerprint density at radius 3 is 1.43 bits per heavy atom. The lowest BCUT2D eigenvalue weighted by atomic mass is 10.00. The van der Waals surface area contributed by atoms with E-state index < -0.39 is 112 Å². The number of carbonyl (C=O) groups is 2. The van der Waals surface area contributed by atoms with Crippen molar-refractivity contribution in [2.45, 2.75) is 117 Å². The zero-order valence-corrected chi connectivity index (χ0v) is 46.2.